The highest BCUT2D eigenvalue weighted by Crippen LogP contribution is 2.11. The maximum Gasteiger partial charge on any atom is 0.330 e. The molecule has 0 saturated heterocycles. The van der Waals surface area contributed by atoms with E-state index in [1.54, 1.807) is 60.7 Å². The number of esters is 2. The van der Waals surface area contributed by atoms with Crippen molar-refractivity contribution in [2.75, 3.05) is 14.2 Å². The monoisotopic (exact) mass is 356 g/mol. The summed E-state index contributed by atoms with van der Waals surface area (Å²) in [5.41, 5.74) is 1.67. The van der Waals surface area contributed by atoms with E-state index in [0.29, 0.717) is 0 Å². The van der Waals surface area contributed by atoms with Gasteiger partial charge in [0, 0.05) is 12.2 Å². The molecule has 6 nitrogen and oxygen atoms in total. The molecule has 2 rings (SSSR count). The maximum absolute atomic E-state index is 10.7. The highest BCUT2D eigenvalue weighted by atomic mass is 16.5. The molecule has 0 unspecified atom stereocenters. The molecular weight excluding hydrogens is 336 g/mol. The average molecular weight is 356 g/mol. The van der Waals surface area contributed by atoms with Crippen LogP contribution in [0.25, 0.3) is 12.2 Å². The number of phenolic OH excluding ortho intramolecular Hbond substituents is 2. The second-order valence-corrected chi connectivity index (χ2v) is 4.90. The summed E-state index contributed by atoms with van der Waals surface area (Å²) in [6.07, 6.45) is 5.88. The SMILES string of the molecule is COC(=O)/C=C/c1ccc(O)cc1.COC(=O)C=Cc1ccc(O)cc1. The Labute approximate surface area is 151 Å². The first-order valence-corrected chi connectivity index (χ1v) is 7.54. The van der Waals surface area contributed by atoms with Crippen LogP contribution in [-0.4, -0.2) is 36.4 Å². The fraction of sp³-hybridized carbons (Fsp3) is 0.100. The molecule has 136 valence electrons. The van der Waals surface area contributed by atoms with Crippen molar-refractivity contribution in [2.24, 2.45) is 0 Å². The standard InChI is InChI=1S/2C10H10O3/c2*1-13-10(12)7-4-8-2-5-9(11)6-3-8/h2*2-7,11H,1H3/b7-4+;. The average Bonchev–Trinajstić information content (AvgIpc) is 2.67. The number of carbonyl (C=O) groups is 2. The van der Waals surface area contributed by atoms with E-state index in [4.69, 9.17) is 10.2 Å². The van der Waals surface area contributed by atoms with Crippen LogP contribution in [0.3, 0.4) is 0 Å². The first-order valence-electron chi connectivity index (χ1n) is 7.54. The summed E-state index contributed by atoms with van der Waals surface area (Å²) in [5, 5.41) is 17.9. The van der Waals surface area contributed by atoms with Gasteiger partial charge >= 0.3 is 11.9 Å². The van der Waals surface area contributed by atoms with Gasteiger partial charge in [-0.2, -0.15) is 0 Å². The van der Waals surface area contributed by atoms with Crippen LogP contribution in [0.4, 0.5) is 0 Å². The molecule has 2 N–H and O–H groups in total. The van der Waals surface area contributed by atoms with Gasteiger partial charge in [0.2, 0.25) is 0 Å². The number of hydrogen-bond donors (Lipinski definition) is 2. The van der Waals surface area contributed by atoms with Crippen LogP contribution in [0.5, 0.6) is 11.5 Å². The van der Waals surface area contributed by atoms with E-state index in [0.717, 1.165) is 11.1 Å². The molecule has 2 aromatic carbocycles. The minimum Gasteiger partial charge on any atom is -0.508 e. The number of hydrogen-bond acceptors (Lipinski definition) is 6. The van der Waals surface area contributed by atoms with Crippen molar-refractivity contribution in [3.05, 3.63) is 71.8 Å². The van der Waals surface area contributed by atoms with Gasteiger partial charge < -0.3 is 19.7 Å². The molecule has 0 saturated carbocycles. The van der Waals surface area contributed by atoms with Gasteiger partial charge in [-0.25, -0.2) is 9.59 Å². The van der Waals surface area contributed by atoms with Crippen molar-refractivity contribution in [1.29, 1.82) is 0 Å². The van der Waals surface area contributed by atoms with Gasteiger partial charge in [-0.05, 0) is 47.5 Å². The molecule has 0 spiro atoms. The number of aromatic hydroxyl groups is 2. The Hall–Kier alpha value is -3.54. The molecule has 2 aromatic rings. The normalized spacial score (nSPS) is 10.2. The van der Waals surface area contributed by atoms with Crippen molar-refractivity contribution in [3.63, 3.8) is 0 Å². The van der Waals surface area contributed by atoms with Gasteiger partial charge in [0.25, 0.3) is 0 Å². The third-order valence-electron chi connectivity index (χ3n) is 3.01. The van der Waals surface area contributed by atoms with Crippen molar-refractivity contribution < 1.29 is 29.3 Å². The summed E-state index contributed by atoms with van der Waals surface area (Å²) < 4.78 is 8.84. The van der Waals surface area contributed by atoms with E-state index in [2.05, 4.69) is 9.47 Å². The molecule has 0 aliphatic carbocycles. The molecule has 0 fully saturated rings. The summed E-state index contributed by atoms with van der Waals surface area (Å²) in [4.78, 5) is 21.4. The van der Waals surface area contributed by atoms with E-state index in [1.165, 1.54) is 26.4 Å². The smallest absolute Gasteiger partial charge is 0.330 e. The highest BCUT2D eigenvalue weighted by Gasteiger charge is 1.92. The zero-order valence-corrected chi connectivity index (χ0v) is 14.5. The number of benzene rings is 2. The maximum atomic E-state index is 10.7. The summed E-state index contributed by atoms with van der Waals surface area (Å²) >= 11 is 0. The number of methoxy groups -OCH3 is 2. The fourth-order valence-corrected chi connectivity index (χ4v) is 1.64. The number of carbonyl (C=O) groups excluding carboxylic acids is 2. The third-order valence-corrected chi connectivity index (χ3v) is 3.01. The van der Waals surface area contributed by atoms with Crippen LogP contribution in [-0.2, 0) is 19.1 Å². The van der Waals surface area contributed by atoms with Crippen LogP contribution in [0.15, 0.2) is 60.7 Å². The van der Waals surface area contributed by atoms with Crippen molar-refractivity contribution in [1.82, 2.24) is 0 Å². The van der Waals surface area contributed by atoms with Crippen LogP contribution in [0.2, 0.25) is 0 Å². The van der Waals surface area contributed by atoms with Crippen LogP contribution in [0.1, 0.15) is 11.1 Å². The Morgan fingerprint density at radius 1 is 0.692 bits per heavy atom. The first-order chi connectivity index (χ1) is 12.4. The third kappa shape index (κ3) is 8.35. The summed E-state index contributed by atoms with van der Waals surface area (Å²) in [5.74, 6) is -0.383. The quantitative estimate of drug-likeness (QED) is 0.646. The molecular formula is C20H20O6. The van der Waals surface area contributed by atoms with E-state index in [9.17, 15) is 9.59 Å². The minimum atomic E-state index is -0.395. The molecule has 0 aromatic heterocycles. The van der Waals surface area contributed by atoms with Gasteiger partial charge in [0.05, 0.1) is 14.2 Å². The van der Waals surface area contributed by atoms with Crippen LogP contribution < -0.4 is 0 Å². The van der Waals surface area contributed by atoms with E-state index < -0.39 is 11.9 Å². The minimum absolute atomic E-state index is 0.204. The van der Waals surface area contributed by atoms with Crippen molar-refractivity contribution in [3.8, 4) is 11.5 Å². The Balaban J connectivity index is 0.000000260. The Bertz CT molecular complexity index is 690. The predicted molar refractivity (Wildman–Crippen MR) is 98.3 cm³/mol. The molecule has 0 bridgehead atoms. The molecule has 0 atom stereocenters. The van der Waals surface area contributed by atoms with Gasteiger partial charge in [-0.1, -0.05) is 24.3 Å². The molecule has 0 aliphatic heterocycles. The molecule has 0 heterocycles. The first kappa shape index (κ1) is 20.5. The zero-order valence-electron chi connectivity index (χ0n) is 14.5. The molecule has 6 heteroatoms. The summed E-state index contributed by atoms with van der Waals surface area (Å²) in [7, 11) is 2.65. The second-order valence-electron chi connectivity index (χ2n) is 4.90. The highest BCUT2D eigenvalue weighted by molar-refractivity contribution is 5.87. The number of rotatable bonds is 4. The van der Waals surface area contributed by atoms with Crippen molar-refractivity contribution >= 4 is 24.1 Å². The largest absolute Gasteiger partial charge is 0.508 e. The van der Waals surface area contributed by atoms with E-state index in [1.807, 2.05) is 0 Å². The lowest BCUT2D eigenvalue weighted by atomic mass is 10.2. The Morgan fingerprint density at radius 3 is 1.27 bits per heavy atom. The van der Waals surface area contributed by atoms with E-state index >= 15 is 0 Å². The van der Waals surface area contributed by atoms with Gasteiger partial charge in [-0.3, -0.25) is 0 Å². The summed E-state index contributed by atoms with van der Waals surface area (Å²) in [6.45, 7) is 0. The molecule has 26 heavy (non-hydrogen) atoms. The van der Waals surface area contributed by atoms with Gasteiger partial charge in [0.1, 0.15) is 11.5 Å². The van der Waals surface area contributed by atoms with Gasteiger partial charge in [0.15, 0.2) is 0 Å². The summed E-state index contributed by atoms with van der Waals surface area (Å²) in [6, 6.07) is 13.0. The lowest BCUT2D eigenvalue weighted by Crippen LogP contribution is -1.92. The molecule has 0 aliphatic rings. The second kappa shape index (κ2) is 11.1. The molecule has 0 amide bonds. The lowest BCUT2D eigenvalue weighted by molar-refractivity contribution is -0.135. The molecule has 0 radical (unpaired) electrons. The Kier molecular flexibility index (Phi) is 8.75. The van der Waals surface area contributed by atoms with Crippen LogP contribution in [0, 0.1) is 0 Å². The number of phenols is 2. The lowest BCUT2D eigenvalue weighted by Gasteiger charge is -1.93. The van der Waals surface area contributed by atoms with Gasteiger partial charge in [-0.15, -0.1) is 0 Å². The van der Waals surface area contributed by atoms with Crippen LogP contribution >= 0.6 is 0 Å². The van der Waals surface area contributed by atoms with E-state index in [-0.39, 0.29) is 11.5 Å². The zero-order chi connectivity index (χ0) is 19.4. The predicted octanol–water partition coefficient (Wildman–Crippen LogP) is 3.16. The Morgan fingerprint density at radius 2 is 1.00 bits per heavy atom. The number of ether oxygens (including phenoxy) is 2. The fourth-order valence-electron chi connectivity index (χ4n) is 1.64. The van der Waals surface area contributed by atoms with Crippen molar-refractivity contribution in [2.45, 2.75) is 0 Å². The topological polar surface area (TPSA) is 93.1 Å².